The molecule has 0 saturated heterocycles. The number of ether oxygens (including phenoxy) is 1. The summed E-state index contributed by atoms with van der Waals surface area (Å²) in [5.41, 5.74) is 0.728. The third-order valence-corrected chi connectivity index (χ3v) is 4.98. The van der Waals surface area contributed by atoms with Crippen LogP contribution in [0.3, 0.4) is 0 Å². The van der Waals surface area contributed by atoms with Gasteiger partial charge in [0.2, 0.25) is 0 Å². The molecule has 33 heavy (non-hydrogen) atoms. The van der Waals surface area contributed by atoms with Crippen LogP contribution in [0.25, 0.3) is 0 Å². The monoisotopic (exact) mass is 463 g/mol. The van der Waals surface area contributed by atoms with Crippen molar-refractivity contribution < 1.29 is 27.5 Å². The van der Waals surface area contributed by atoms with Crippen LogP contribution in [0.15, 0.2) is 53.7 Å². The molecule has 6 nitrogen and oxygen atoms in total. The van der Waals surface area contributed by atoms with Gasteiger partial charge in [-0.2, -0.15) is 13.2 Å². The molecule has 2 aromatic carbocycles. The van der Waals surface area contributed by atoms with E-state index >= 15 is 0 Å². The maximum Gasteiger partial charge on any atom is 0.416 e. The van der Waals surface area contributed by atoms with Gasteiger partial charge in [0, 0.05) is 18.5 Å². The Morgan fingerprint density at radius 3 is 2.48 bits per heavy atom. The van der Waals surface area contributed by atoms with Gasteiger partial charge in [0.1, 0.15) is 5.75 Å². The lowest BCUT2D eigenvalue weighted by Crippen LogP contribution is -2.50. The maximum absolute atomic E-state index is 13.1. The summed E-state index contributed by atoms with van der Waals surface area (Å²) >= 11 is 0. The molecule has 2 aromatic rings. The maximum atomic E-state index is 13.1. The summed E-state index contributed by atoms with van der Waals surface area (Å²) < 4.78 is 44.6. The smallest absolute Gasteiger partial charge is 0.416 e. The van der Waals surface area contributed by atoms with Gasteiger partial charge in [-0.1, -0.05) is 17.3 Å². The third-order valence-electron chi connectivity index (χ3n) is 4.98. The number of amides is 2. The van der Waals surface area contributed by atoms with Crippen LogP contribution in [0.1, 0.15) is 43.9 Å². The van der Waals surface area contributed by atoms with E-state index in [1.165, 1.54) is 11.0 Å². The van der Waals surface area contributed by atoms with Crippen molar-refractivity contribution in [2.75, 3.05) is 13.7 Å². The summed E-state index contributed by atoms with van der Waals surface area (Å²) in [5.74, 6) is 0.723. The number of carbonyl (C=O) groups excluding carboxylic acids is 1. The minimum Gasteiger partial charge on any atom is -0.497 e. The first-order valence-electron chi connectivity index (χ1n) is 10.5. The highest BCUT2D eigenvalue weighted by Gasteiger charge is 2.32. The predicted octanol–water partition coefficient (Wildman–Crippen LogP) is 5.22. The molecule has 0 radical (unpaired) electrons. The van der Waals surface area contributed by atoms with Crippen molar-refractivity contribution in [3.8, 4) is 5.75 Å². The number of alkyl halides is 3. The molecule has 178 valence electrons. The molecule has 0 unspecified atom stereocenters. The normalized spacial score (nSPS) is 16.1. The Balaban J connectivity index is 1.73. The number of urea groups is 1. The Morgan fingerprint density at radius 1 is 1.18 bits per heavy atom. The molecular weight excluding hydrogens is 435 g/mol. The van der Waals surface area contributed by atoms with Crippen molar-refractivity contribution in [1.82, 2.24) is 10.2 Å². The highest BCUT2D eigenvalue weighted by atomic mass is 19.4. The number of nitrogens with one attached hydrogen (secondary N) is 1. The van der Waals surface area contributed by atoms with Gasteiger partial charge in [-0.05, 0) is 68.3 Å². The molecule has 1 atom stereocenters. The van der Waals surface area contributed by atoms with E-state index in [0.717, 1.165) is 29.2 Å². The van der Waals surface area contributed by atoms with E-state index in [0.29, 0.717) is 12.0 Å². The van der Waals surface area contributed by atoms with Crippen LogP contribution >= 0.6 is 0 Å². The highest BCUT2D eigenvalue weighted by molar-refractivity contribution is 6.01. The first-order chi connectivity index (χ1) is 15.4. The summed E-state index contributed by atoms with van der Waals surface area (Å²) in [6, 6.07) is 12.0. The largest absolute Gasteiger partial charge is 0.497 e. The molecule has 0 spiro atoms. The van der Waals surface area contributed by atoms with Gasteiger partial charge in [0.25, 0.3) is 0 Å². The first kappa shape index (κ1) is 24.4. The average Bonchev–Trinajstić information content (AvgIpc) is 3.20. The van der Waals surface area contributed by atoms with Gasteiger partial charge in [-0.25, -0.2) is 4.79 Å². The molecule has 1 heterocycles. The zero-order valence-corrected chi connectivity index (χ0v) is 19.1. The second-order valence-corrected chi connectivity index (χ2v) is 8.96. The summed E-state index contributed by atoms with van der Waals surface area (Å²) in [4.78, 5) is 20.0. The van der Waals surface area contributed by atoms with E-state index in [1.54, 1.807) is 13.2 Å². The number of rotatable bonds is 6. The summed E-state index contributed by atoms with van der Waals surface area (Å²) in [7, 11) is 1.59. The van der Waals surface area contributed by atoms with Crippen LogP contribution < -0.4 is 10.1 Å². The first-order valence-corrected chi connectivity index (χ1v) is 10.5. The molecule has 0 fully saturated rings. The Bertz CT molecular complexity index is 998. The Morgan fingerprint density at radius 2 is 1.88 bits per heavy atom. The molecule has 9 heteroatoms. The van der Waals surface area contributed by atoms with Gasteiger partial charge >= 0.3 is 12.2 Å². The molecule has 2 amide bonds. The number of nitrogens with zero attached hydrogens (tertiary/aromatic N) is 2. The second-order valence-electron chi connectivity index (χ2n) is 8.96. The van der Waals surface area contributed by atoms with Gasteiger partial charge < -0.3 is 19.8 Å². The third kappa shape index (κ3) is 6.87. The zero-order valence-electron chi connectivity index (χ0n) is 19.1. The minimum atomic E-state index is -4.45. The second kappa shape index (κ2) is 9.72. The fourth-order valence-corrected chi connectivity index (χ4v) is 3.41. The Kier molecular flexibility index (Phi) is 7.19. The van der Waals surface area contributed by atoms with Crippen molar-refractivity contribution in [3.63, 3.8) is 0 Å². The van der Waals surface area contributed by atoms with E-state index < -0.39 is 23.4 Å². The van der Waals surface area contributed by atoms with Crippen LogP contribution in [-0.2, 0) is 17.6 Å². The molecule has 0 saturated carbocycles. The standard InChI is InChI=1S/C24H28F3N3O3/c1-23(2,3)28-22(31)30(14-16-6-5-7-18(12-16)24(25,26)27)15-20-13-21(29-33-20)17-8-10-19(32-4)11-9-17/h5-12,20H,13-15H2,1-4H3,(H,28,31)/t20-/m1/s1. The number of hydrogen-bond acceptors (Lipinski definition) is 4. The van der Waals surface area contributed by atoms with Crippen molar-refractivity contribution in [2.24, 2.45) is 5.16 Å². The Hall–Kier alpha value is -3.23. The van der Waals surface area contributed by atoms with E-state index in [-0.39, 0.29) is 19.1 Å². The number of carbonyl (C=O) groups is 1. The van der Waals surface area contributed by atoms with E-state index in [2.05, 4.69) is 10.5 Å². The minimum absolute atomic E-state index is 0.00353. The number of hydrogen-bond donors (Lipinski definition) is 1. The van der Waals surface area contributed by atoms with Gasteiger partial charge in [0.05, 0.1) is 24.9 Å². The fourth-order valence-electron chi connectivity index (χ4n) is 3.41. The quantitative estimate of drug-likeness (QED) is 0.639. The number of oxime groups is 1. The highest BCUT2D eigenvalue weighted by Crippen LogP contribution is 2.30. The molecule has 0 bridgehead atoms. The molecule has 1 aliphatic heterocycles. The van der Waals surface area contributed by atoms with Gasteiger partial charge in [0.15, 0.2) is 6.10 Å². The lowest BCUT2D eigenvalue weighted by atomic mass is 10.0. The molecule has 1 aliphatic rings. The predicted molar refractivity (Wildman–Crippen MR) is 119 cm³/mol. The summed E-state index contributed by atoms with van der Waals surface area (Å²) in [5, 5.41) is 7.02. The molecular formula is C24H28F3N3O3. The van der Waals surface area contributed by atoms with Crippen LogP contribution in [0, 0.1) is 0 Å². The van der Waals surface area contributed by atoms with E-state index in [9.17, 15) is 18.0 Å². The average molecular weight is 464 g/mol. The van der Waals surface area contributed by atoms with E-state index in [1.807, 2.05) is 45.0 Å². The fraction of sp³-hybridized carbons (Fsp3) is 0.417. The summed E-state index contributed by atoms with van der Waals surface area (Å²) in [6.45, 7) is 5.68. The van der Waals surface area contributed by atoms with Crippen molar-refractivity contribution in [2.45, 2.75) is 51.6 Å². The molecule has 0 aliphatic carbocycles. The zero-order chi connectivity index (χ0) is 24.2. The van der Waals surface area contributed by atoms with Crippen molar-refractivity contribution in [1.29, 1.82) is 0 Å². The van der Waals surface area contributed by atoms with Gasteiger partial charge in [-0.15, -0.1) is 0 Å². The molecule has 1 N–H and O–H groups in total. The van der Waals surface area contributed by atoms with Crippen LogP contribution in [0.2, 0.25) is 0 Å². The van der Waals surface area contributed by atoms with E-state index in [4.69, 9.17) is 9.57 Å². The van der Waals surface area contributed by atoms with Crippen molar-refractivity contribution in [3.05, 3.63) is 65.2 Å². The number of benzene rings is 2. The SMILES string of the molecule is COc1ccc(C2=NO[C@@H](CN(Cc3cccc(C(F)(F)F)c3)C(=O)NC(C)(C)C)C2)cc1. The summed E-state index contributed by atoms with van der Waals surface area (Å²) in [6.07, 6.45) is -4.41. The number of halogens is 3. The molecule has 3 rings (SSSR count). The molecule has 0 aromatic heterocycles. The van der Waals surface area contributed by atoms with Gasteiger partial charge in [-0.3, -0.25) is 0 Å². The number of methoxy groups -OCH3 is 1. The lowest BCUT2D eigenvalue weighted by Gasteiger charge is -2.30. The topological polar surface area (TPSA) is 63.2 Å². The van der Waals surface area contributed by atoms with Crippen molar-refractivity contribution >= 4 is 11.7 Å². The Labute approximate surface area is 191 Å². The van der Waals surface area contributed by atoms with Crippen LogP contribution in [-0.4, -0.2) is 41.9 Å². The van der Waals surface area contributed by atoms with Crippen LogP contribution in [0.4, 0.5) is 18.0 Å². The lowest BCUT2D eigenvalue weighted by molar-refractivity contribution is -0.137. The van der Waals surface area contributed by atoms with Crippen LogP contribution in [0.5, 0.6) is 5.75 Å².